The van der Waals surface area contributed by atoms with Crippen LogP contribution < -0.4 is 11.1 Å². The fraction of sp³-hybridized carbons (Fsp3) is 0.421. The van der Waals surface area contributed by atoms with E-state index in [-0.39, 0.29) is 30.0 Å². The molecule has 0 atom stereocenters. The molecule has 3 N–H and O–H groups in total. The summed E-state index contributed by atoms with van der Waals surface area (Å²) in [6.45, 7) is 5.65. The van der Waals surface area contributed by atoms with Crippen LogP contribution in [0.25, 0.3) is 11.4 Å². The van der Waals surface area contributed by atoms with E-state index in [1.54, 1.807) is 25.3 Å². The Labute approximate surface area is 163 Å². The van der Waals surface area contributed by atoms with Crippen LogP contribution >= 0.6 is 0 Å². The van der Waals surface area contributed by atoms with Crippen LogP contribution in [-0.2, 0) is 23.1 Å². The number of nitrogen functional groups attached to an aromatic ring is 1. The molecule has 0 radical (unpaired) electrons. The van der Waals surface area contributed by atoms with Crippen LogP contribution in [0.15, 0.2) is 18.3 Å². The molecule has 2 heterocycles. The predicted octanol–water partition coefficient (Wildman–Crippen LogP) is 2.26. The predicted molar refractivity (Wildman–Crippen MR) is 104 cm³/mol. The lowest BCUT2D eigenvalue weighted by molar-refractivity contribution is 0.0526. The summed E-state index contributed by atoms with van der Waals surface area (Å²) in [5.41, 5.74) is 6.96. The Bertz CT molecular complexity index is 927. The Morgan fingerprint density at radius 2 is 2.04 bits per heavy atom. The molecular weight excluding hydrogens is 362 g/mol. The number of alkyl carbamates (subject to hydrolysis) is 1. The van der Waals surface area contributed by atoms with E-state index in [1.807, 2.05) is 29.9 Å². The van der Waals surface area contributed by atoms with Gasteiger partial charge in [-0.05, 0) is 32.9 Å². The van der Waals surface area contributed by atoms with Crippen molar-refractivity contribution in [1.82, 2.24) is 14.5 Å². The second-order valence-corrected chi connectivity index (χ2v) is 7.17. The molecule has 28 heavy (non-hydrogen) atoms. The Balaban J connectivity index is 2.43. The van der Waals surface area contributed by atoms with E-state index in [2.05, 4.69) is 11.4 Å². The Morgan fingerprint density at radius 3 is 2.54 bits per heavy atom. The minimum absolute atomic E-state index is 0.0443. The fourth-order valence-corrected chi connectivity index (χ4v) is 2.85. The summed E-state index contributed by atoms with van der Waals surface area (Å²) in [5.74, 6) is -0.660. The molecule has 0 fully saturated rings. The number of aromatic nitrogens is 2. The molecular formula is C19H25N5O4. The number of nitrogens with one attached hydrogen (secondary N) is 1. The molecule has 2 aromatic heterocycles. The number of anilines is 1. The van der Waals surface area contributed by atoms with Gasteiger partial charge in [0.2, 0.25) is 0 Å². The van der Waals surface area contributed by atoms with Crippen LogP contribution in [-0.4, -0.2) is 40.5 Å². The first-order valence-electron chi connectivity index (χ1n) is 8.69. The van der Waals surface area contributed by atoms with Crippen molar-refractivity contribution in [1.29, 1.82) is 5.26 Å². The third-order valence-corrected chi connectivity index (χ3v) is 3.98. The van der Waals surface area contributed by atoms with Gasteiger partial charge in [-0.25, -0.2) is 9.59 Å². The number of carbonyl (C=O) groups excluding carboxylic acids is 2. The van der Waals surface area contributed by atoms with Gasteiger partial charge < -0.3 is 29.7 Å². The molecule has 0 aromatic carbocycles. The summed E-state index contributed by atoms with van der Waals surface area (Å²) in [4.78, 5) is 24.2. The van der Waals surface area contributed by atoms with Gasteiger partial charge in [0.1, 0.15) is 17.2 Å². The number of ether oxygens (including phenoxy) is 2. The van der Waals surface area contributed by atoms with Crippen molar-refractivity contribution in [2.45, 2.75) is 32.9 Å². The molecule has 0 spiro atoms. The Hall–Kier alpha value is -3.41. The number of carbonyl (C=O) groups is 2. The van der Waals surface area contributed by atoms with Crippen molar-refractivity contribution in [2.24, 2.45) is 7.05 Å². The Morgan fingerprint density at radius 1 is 1.36 bits per heavy atom. The highest BCUT2D eigenvalue weighted by Crippen LogP contribution is 2.33. The van der Waals surface area contributed by atoms with Crippen LogP contribution in [0.5, 0.6) is 0 Å². The van der Waals surface area contributed by atoms with Gasteiger partial charge in [-0.3, -0.25) is 0 Å². The summed E-state index contributed by atoms with van der Waals surface area (Å²) in [6, 6.07) is 5.70. The molecule has 0 aliphatic carbocycles. The number of esters is 1. The second-order valence-electron chi connectivity index (χ2n) is 7.17. The first-order chi connectivity index (χ1) is 13.1. The smallest absolute Gasteiger partial charge is 0.407 e. The molecule has 0 saturated carbocycles. The quantitative estimate of drug-likeness (QED) is 0.758. The number of nitrogens with two attached hydrogens (primary N) is 1. The van der Waals surface area contributed by atoms with Gasteiger partial charge in [0.05, 0.1) is 24.2 Å². The number of hydrogen-bond donors (Lipinski definition) is 2. The normalized spacial score (nSPS) is 11.0. The van der Waals surface area contributed by atoms with Gasteiger partial charge in [-0.1, -0.05) is 0 Å². The highest BCUT2D eigenvalue weighted by Gasteiger charge is 2.28. The van der Waals surface area contributed by atoms with Crippen LogP contribution in [0.1, 0.15) is 36.8 Å². The number of hydrogen-bond acceptors (Lipinski definition) is 6. The molecule has 150 valence electrons. The maximum Gasteiger partial charge on any atom is 0.407 e. The van der Waals surface area contributed by atoms with E-state index in [9.17, 15) is 14.9 Å². The lowest BCUT2D eigenvalue weighted by Crippen LogP contribution is -2.34. The maximum absolute atomic E-state index is 12.3. The van der Waals surface area contributed by atoms with E-state index in [1.165, 1.54) is 7.11 Å². The molecule has 9 nitrogen and oxygen atoms in total. The molecule has 0 bridgehead atoms. The molecule has 1 amide bonds. The van der Waals surface area contributed by atoms with Crippen LogP contribution in [0.3, 0.4) is 0 Å². The van der Waals surface area contributed by atoms with E-state index in [4.69, 9.17) is 15.2 Å². The number of nitrogens with zero attached hydrogens (tertiary/aromatic N) is 3. The summed E-state index contributed by atoms with van der Waals surface area (Å²) in [7, 11) is 3.06. The van der Waals surface area contributed by atoms with Crippen molar-refractivity contribution in [3.63, 3.8) is 0 Å². The summed E-state index contributed by atoms with van der Waals surface area (Å²) >= 11 is 0. The summed E-state index contributed by atoms with van der Waals surface area (Å²) < 4.78 is 13.5. The number of aryl methyl sites for hydroxylation is 1. The van der Waals surface area contributed by atoms with Crippen molar-refractivity contribution in [3.8, 4) is 17.5 Å². The molecule has 0 aliphatic heterocycles. The topological polar surface area (TPSA) is 124 Å². The highest BCUT2D eigenvalue weighted by molar-refractivity contribution is 5.98. The average molecular weight is 387 g/mol. The van der Waals surface area contributed by atoms with Gasteiger partial charge in [0, 0.05) is 26.3 Å². The van der Waals surface area contributed by atoms with Crippen LogP contribution in [0.4, 0.5) is 10.5 Å². The minimum atomic E-state index is -0.660. The largest absolute Gasteiger partial charge is 0.464 e. The van der Waals surface area contributed by atoms with Crippen molar-refractivity contribution in [2.75, 3.05) is 19.4 Å². The van der Waals surface area contributed by atoms with Gasteiger partial charge in [0.25, 0.3) is 0 Å². The number of methoxy groups -OCH3 is 1. The molecule has 0 saturated heterocycles. The van der Waals surface area contributed by atoms with E-state index >= 15 is 0 Å². The Kier molecular flexibility index (Phi) is 6.03. The van der Waals surface area contributed by atoms with Crippen molar-refractivity contribution < 1.29 is 19.1 Å². The van der Waals surface area contributed by atoms with E-state index < -0.39 is 17.7 Å². The molecule has 9 heteroatoms. The van der Waals surface area contributed by atoms with Crippen molar-refractivity contribution in [3.05, 3.63) is 29.6 Å². The maximum atomic E-state index is 12.3. The SMILES string of the molecule is COC(=O)c1c(N)c(C#N)c(-c2cccn2C)n1CCNC(=O)OC(C)(C)C. The zero-order valence-electron chi connectivity index (χ0n) is 16.7. The standard InChI is InChI=1S/C19H25N5O4/c1-19(2,3)28-18(26)22-8-10-24-15(13-7-6-9-23(13)4)12(11-20)14(21)16(24)17(25)27-5/h6-7,9H,8,10,21H2,1-5H3,(H,22,26). The van der Waals surface area contributed by atoms with Gasteiger partial charge in [-0.15, -0.1) is 0 Å². The van der Waals surface area contributed by atoms with Crippen LogP contribution in [0.2, 0.25) is 0 Å². The fourth-order valence-electron chi connectivity index (χ4n) is 2.85. The highest BCUT2D eigenvalue weighted by atomic mass is 16.6. The van der Waals surface area contributed by atoms with Gasteiger partial charge in [0.15, 0.2) is 5.69 Å². The monoisotopic (exact) mass is 387 g/mol. The van der Waals surface area contributed by atoms with Gasteiger partial charge >= 0.3 is 12.1 Å². The molecule has 0 unspecified atom stereocenters. The second kappa shape index (κ2) is 8.08. The molecule has 2 rings (SSSR count). The lowest BCUT2D eigenvalue weighted by Gasteiger charge is -2.20. The van der Waals surface area contributed by atoms with E-state index in [0.29, 0.717) is 11.4 Å². The van der Waals surface area contributed by atoms with Crippen LogP contribution in [0, 0.1) is 11.3 Å². The van der Waals surface area contributed by atoms with E-state index in [0.717, 1.165) is 0 Å². The molecule has 0 aliphatic rings. The first-order valence-corrected chi connectivity index (χ1v) is 8.69. The number of amides is 1. The molecule has 2 aromatic rings. The minimum Gasteiger partial charge on any atom is -0.464 e. The zero-order valence-corrected chi connectivity index (χ0v) is 16.7. The van der Waals surface area contributed by atoms with Crippen molar-refractivity contribution >= 4 is 17.7 Å². The third-order valence-electron chi connectivity index (χ3n) is 3.98. The number of rotatable bonds is 5. The number of nitriles is 1. The van der Waals surface area contributed by atoms with Gasteiger partial charge in [-0.2, -0.15) is 5.26 Å². The summed E-state index contributed by atoms with van der Waals surface area (Å²) in [5, 5.41) is 12.3. The third kappa shape index (κ3) is 4.28. The summed E-state index contributed by atoms with van der Waals surface area (Å²) in [6.07, 6.45) is 1.24. The lowest BCUT2D eigenvalue weighted by atomic mass is 10.1. The average Bonchev–Trinajstić information content (AvgIpc) is 3.13. The zero-order chi connectivity index (χ0) is 21.1. The first kappa shape index (κ1) is 20.9.